The molecule has 0 aliphatic heterocycles. The van der Waals surface area contributed by atoms with Crippen molar-refractivity contribution in [1.82, 2.24) is 5.32 Å². The third kappa shape index (κ3) is 6.07. The summed E-state index contributed by atoms with van der Waals surface area (Å²) in [5.74, 6) is 5.93. The molecule has 0 saturated heterocycles. The number of hydrogen-bond acceptors (Lipinski definition) is 3. The molecule has 2 atom stereocenters. The van der Waals surface area contributed by atoms with E-state index >= 15 is 0 Å². The van der Waals surface area contributed by atoms with Crippen LogP contribution in [0.5, 0.6) is 0 Å². The van der Waals surface area contributed by atoms with Crippen LogP contribution in [0, 0.1) is 11.8 Å². The summed E-state index contributed by atoms with van der Waals surface area (Å²) in [4.78, 5) is 11.9. The lowest BCUT2D eigenvalue weighted by Crippen LogP contribution is -2.46. The number of halogens is 1. The van der Waals surface area contributed by atoms with Gasteiger partial charge in [-0.15, -0.1) is 0 Å². The zero-order chi connectivity index (χ0) is 17.8. The number of ether oxygens (including phenoxy) is 1. The summed E-state index contributed by atoms with van der Waals surface area (Å²) in [6, 6.07) is 7.07. The van der Waals surface area contributed by atoms with Crippen molar-refractivity contribution in [3.05, 3.63) is 34.9 Å². The molecule has 1 aromatic rings. The molecule has 4 nitrogen and oxygen atoms in total. The normalized spacial score (nSPS) is 23.8. The zero-order valence-corrected chi connectivity index (χ0v) is 15.1. The van der Waals surface area contributed by atoms with E-state index < -0.39 is 17.3 Å². The molecule has 0 spiro atoms. The largest absolute Gasteiger partial charge is 0.444 e. The van der Waals surface area contributed by atoms with Gasteiger partial charge in [0.05, 0.1) is 0 Å². The van der Waals surface area contributed by atoms with Crippen LogP contribution < -0.4 is 5.32 Å². The summed E-state index contributed by atoms with van der Waals surface area (Å²) < 4.78 is 5.27. The Morgan fingerprint density at radius 1 is 1.46 bits per heavy atom. The molecule has 1 fully saturated rings. The van der Waals surface area contributed by atoms with Gasteiger partial charge in [0.25, 0.3) is 0 Å². The number of nitrogens with one attached hydrogen (secondary N) is 1. The first-order valence-corrected chi connectivity index (χ1v) is 8.54. The molecular formula is C19H24ClNO3. The topological polar surface area (TPSA) is 58.6 Å². The molecule has 1 aliphatic carbocycles. The lowest BCUT2D eigenvalue weighted by molar-refractivity contribution is 0.0307. The lowest BCUT2D eigenvalue weighted by Gasteiger charge is -2.33. The minimum absolute atomic E-state index is 0.146. The third-order valence-corrected chi connectivity index (χ3v) is 3.95. The third-order valence-electron chi connectivity index (χ3n) is 3.71. The van der Waals surface area contributed by atoms with Gasteiger partial charge in [-0.3, -0.25) is 0 Å². The van der Waals surface area contributed by atoms with E-state index in [1.165, 1.54) is 0 Å². The highest BCUT2D eigenvalue weighted by molar-refractivity contribution is 6.30. The standard InChI is InChI=1S/C19H24ClNO3/c1-18(2,3)24-17(22)21-16-8-5-10-19(23,13-16)11-9-14-6-4-7-15(20)12-14/h4,6-7,12,16,23H,5,8,10,13H2,1-3H3,(H,21,22)/t16-,19-/m1/s1. The van der Waals surface area contributed by atoms with E-state index in [0.717, 1.165) is 18.4 Å². The second kappa shape index (κ2) is 7.46. The highest BCUT2D eigenvalue weighted by Gasteiger charge is 2.34. The Balaban J connectivity index is 2.00. The molecule has 24 heavy (non-hydrogen) atoms. The van der Waals surface area contributed by atoms with Crippen LogP contribution in [-0.2, 0) is 4.74 Å². The smallest absolute Gasteiger partial charge is 0.407 e. The van der Waals surface area contributed by atoms with Gasteiger partial charge in [0.2, 0.25) is 0 Å². The SMILES string of the molecule is CC(C)(C)OC(=O)N[C@@H]1CCC[C@@](O)(C#Cc2cccc(Cl)c2)C1. The average Bonchev–Trinajstić information content (AvgIpc) is 2.43. The lowest BCUT2D eigenvalue weighted by atomic mass is 9.82. The van der Waals surface area contributed by atoms with Crippen molar-refractivity contribution in [2.24, 2.45) is 0 Å². The summed E-state index contributed by atoms with van der Waals surface area (Å²) in [5, 5.41) is 14.2. The van der Waals surface area contributed by atoms with E-state index in [0.29, 0.717) is 17.9 Å². The van der Waals surface area contributed by atoms with Gasteiger partial charge in [-0.05, 0) is 58.2 Å². The van der Waals surface area contributed by atoms with Crippen molar-refractivity contribution in [2.45, 2.75) is 63.7 Å². The molecule has 5 heteroatoms. The molecular weight excluding hydrogens is 326 g/mol. The molecule has 0 unspecified atom stereocenters. The number of aliphatic hydroxyl groups is 1. The fourth-order valence-corrected chi connectivity index (χ4v) is 2.91. The van der Waals surface area contributed by atoms with Crippen LogP contribution >= 0.6 is 11.6 Å². The van der Waals surface area contributed by atoms with Gasteiger partial charge in [-0.2, -0.15) is 0 Å². The van der Waals surface area contributed by atoms with Crippen LogP contribution in [0.2, 0.25) is 5.02 Å². The minimum atomic E-state index is -1.11. The van der Waals surface area contributed by atoms with Crippen molar-refractivity contribution < 1.29 is 14.6 Å². The van der Waals surface area contributed by atoms with Crippen molar-refractivity contribution in [1.29, 1.82) is 0 Å². The first-order chi connectivity index (χ1) is 11.2. The van der Waals surface area contributed by atoms with Gasteiger partial charge in [0.1, 0.15) is 11.2 Å². The van der Waals surface area contributed by atoms with Crippen LogP contribution in [0.3, 0.4) is 0 Å². The average molecular weight is 350 g/mol. The predicted molar refractivity (Wildman–Crippen MR) is 94.9 cm³/mol. The number of hydrogen-bond donors (Lipinski definition) is 2. The molecule has 2 N–H and O–H groups in total. The van der Waals surface area contributed by atoms with Crippen molar-refractivity contribution >= 4 is 17.7 Å². The van der Waals surface area contributed by atoms with E-state index in [2.05, 4.69) is 17.2 Å². The van der Waals surface area contributed by atoms with Crippen LogP contribution in [0.4, 0.5) is 4.79 Å². The monoisotopic (exact) mass is 349 g/mol. The Kier molecular flexibility index (Phi) is 5.79. The van der Waals surface area contributed by atoms with E-state index in [9.17, 15) is 9.90 Å². The van der Waals surface area contributed by atoms with Crippen molar-refractivity contribution in [3.8, 4) is 11.8 Å². The number of benzene rings is 1. The molecule has 1 saturated carbocycles. The van der Waals surface area contributed by atoms with Gasteiger partial charge in [0, 0.05) is 23.0 Å². The maximum atomic E-state index is 11.9. The molecule has 1 aliphatic rings. The predicted octanol–water partition coefficient (Wildman–Crippen LogP) is 3.89. The Morgan fingerprint density at radius 3 is 2.88 bits per heavy atom. The molecule has 1 aromatic carbocycles. The fourth-order valence-electron chi connectivity index (χ4n) is 2.72. The van der Waals surface area contributed by atoms with Crippen LogP contribution in [-0.4, -0.2) is 28.4 Å². The van der Waals surface area contributed by atoms with Gasteiger partial charge in [-0.25, -0.2) is 4.79 Å². The number of carbonyl (C=O) groups excluding carboxylic acids is 1. The van der Waals surface area contributed by atoms with Crippen LogP contribution in [0.15, 0.2) is 24.3 Å². The van der Waals surface area contributed by atoms with E-state index in [1.807, 2.05) is 32.9 Å². The van der Waals surface area contributed by atoms with Gasteiger partial charge in [0.15, 0.2) is 0 Å². The van der Waals surface area contributed by atoms with Crippen molar-refractivity contribution in [3.63, 3.8) is 0 Å². The Bertz CT molecular complexity index is 657. The van der Waals surface area contributed by atoms with E-state index in [1.54, 1.807) is 12.1 Å². The molecule has 0 heterocycles. The van der Waals surface area contributed by atoms with Crippen LogP contribution in [0.1, 0.15) is 52.0 Å². The Morgan fingerprint density at radius 2 is 2.21 bits per heavy atom. The first kappa shape index (κ1) is 18.6. The van der Waals surface area contributed by atoms with E-state index in [4.69, 9.17) is 16.3 Å². The Labute approximate surface area is 148 Å². The molecule has 2 rings (SSSR count). The maximum Gasteiger partial charge on any atom is 0.407 e. The Hall–Kier alpha value is -1.70. The second-order valence-electron chi connectivity index (χ2n) is 7.23. The highest BCUT2D eigenvalue weighted by atomic mass is 35.5. The molecule has 0 radical (unpaired) electrons. The van der Waals surface area contributed by atoms with Gasteiger partial charge < -0.3 is 15.2 Å². The number of amides is 1. The fraction of sp³-hybridized carbons (Fsp3) is 0.526. The minimum Gasteiger partial charge on any atom is -0.444 e. The van der Waals surface area contributed by atoms with Gasteiger partial charge >= 0.3 is 6.09 Å². The molecule has 0 aromatic heterocycles. The van der Waals surface area contributed by atoms with Gasteiger partial charge in [-0.1, -0.05) is 29.5 Å². The van der Waals surface area contributed by atoms with E-state index in [-0.39, 0.29) is 6.04 Å². The first-order valence-electron chi connectivity index (χ1n) is 8.16. The number of alkyl carbamates (subject to hydrolysis) is 1. The summed E-state index contributed by atoms with van der Waals surface area (Å²) in [6.45, 7) is 5.46. The van der Waals surface area contributed by atoms with Crippen LogP contribution in [0.25, 0.3) is 0 Å². The van der Waals surface area contributed by atoms with Crippen molar-refractivity contribution in [2.75, 3.05) is 0 Å². The number of rotatable bonds is 1. The molecule has 1 amide bonds. The highest BCUT2D eigenvalue weighted by Crippen LogP contribution is 2.28. The molecule has 0 bridgehead atoms. The maximum absolute atomic E-state index is 11.9. The quantitative estimate of drug-likeness (QED) is 0.756. The summed E-state index contributed by atoms with van der Waals surface area (Å²) in [5.41, 5.74) is -0.889. The molecule has 130 valence electrons. The summed E-state index contributed by atoms with van der Waals surface area (Å²) in [7, 11) is 0. The zero-order valence-electron chi connectivity index (χ0n) is 14.4. The number of carbonyl (C=O) groups is 1. The second-order valence-corrected chi connectivity index (χ2v) is 7.67. The summed E-state index contributed by atoms with van der Waals surface area (Å²) >= 11 is 5.94. The summed E-state index contributed by atoms with van der Waals surface area (Å²) in [6.07, 6.45) is 2.12.